The maximum atomic E-state index is 14.2. The Labute approximate surface area is 273 Å². The summed E-state index contributed by atoms with van der Waals surface area (Å²) in [6.07, 6.45) is 11.9. The van der Waals surface area contributed by atoms with E-state index in [1.807, 2.05) is 45.6 Å². The first kappa shape index (κ1) is 37.0. The van der Waals surface area contributed by atoms with Crippen LogP contribution >= 0.6 is 0 Å². The van der Waals surface area contributed by atoms with Crippen molar-refractivity contribution in [3.8, 4) is 0 Å². The van der Waals surface area contributed by atoms with E-state index < -0.39 is 17.5 Å². The van der Waals surface area contributed by atoms with Gasteiger partial charge < -0.3 is 20.0 Å². The Morgan fingerprint density at radius 1 is 0.800 bits per heavy atom. The summed E-state index contributed by atoms with van der Waals surface area (Å²) >= 11 is 0. The number of likely N-dealkylation sites (N-methyl/N-ethyl adjacent to an activating group) is 1. The molecule has 3 rings (SSSR count). The van der Waals surface area contributed by atoms with Gasteiger partial charge in [-0.2, -0.15) is 0 Å². The number of nitrogens with one attached hydrogen (secondary N) is 1. The minimum absolute atomic E-state index is 0.0323. The van der Waals surface area contributed by atoms with E-state index in [0.29, 0.717) is 18.5 Å². The molecule has 4 amide bonds. The molecular weight excluding hydrogens is 566 g/mol. The van der Waals surface area contributed by atoms with Crippen molar-refractivity contribution in [2.45, 2.75) is 150 Å². The van der Waals surface area contributed by atoms with Gasteiger partial charge in [0.2, 0.25) is 23.6 Å². The van der Waals surface area contributed by atoms with Crippen LogP contribution in [0.3, 0.4) is 0 Å². The highest BCUT2D eigenvalue weighted by Gasteiger charge is 2.41. The van der Waals surface area contributed by atoms with Crippen LogP contribution in [-0.4, -0.2) is 107 Å². The fourth-order valence-corrected chi connectivity index (χ4v) is 7.34. The number of carbonyl (C=O) groups excluding carboxylic acids is 4. The minimum atomic E-state index is -0.713. The molecule has 9 nitrogen and oxygen atoms in total. The zero-order valence-corrected chi connectivity index (χ0v) is 29.9. The lowest BCUT2D eigenvalue weighted by atomic mass is 9.84. The average molecular weight is 630 g/mol. The van der Waals surface area contributed by atoms with E-state index in [1.165, 1.54) is 6.42 Å². The molecule has 256 valence electrons. The van der Waals surface area contributed by atoms with Gasteiger partial charge in [0.1, 0.15) is 12.1 Å². The van der Waals surface area contributed by atoms with E-state index >= 15 is 0 Å². The van der Waals surface area contributed by atoms with E-state index in [0.717, 1.165) is 71.0 Å². The first-order valence-electron chi connectivity index (χ1n) is 17.8. The average Bonchev–Trinajstić information content (AvgIpc) is 3.46. The lowest BCUT2D eigenvalue weighted by molar-refractivity contribution is -0.142. The van der Waals surface area contributed by atoms with Crippen molar-refractivity contribution in [2.75, 3.05) is 33.2 Å². The number of amides is 4. The standard InChI is InChI=1S/C36H63N5O4/c1-25(2)30(24-27(5)33(43)41-23-17-19-29(41)34(44)39-20-14-11-10-12-15-21-39)38(9)35(45)31(36(6,7)8)37-32(42)28-18-13-16-22-40(28)26(3)4/h24-26,28-31H,10-23H2,1-9H3,(H,37,42)/b27-24+. The molecule has 0 aromatic carbocycles. The van der Waals surface area contributed by atoms with Crippen molar-refractivity contribution in [1.29, 1.82) is 0 Å². The van der Waals surface area contributed by atoms with Gasteiger partial charge >= 0.3 is 0 Å². The normalized spacial score (nSPS) is 23.8. The number of carbonyl (C=O) groups is 4. The quantitative estimate of drug-likeness (QED) is 0.363. The van der Waals surface area contributed by atoms with Gasteiger partial charge in [-0.15, -0.1) is 0 Å². The van der Waals surface area contributed by atoms with Crippen molar-refractivity contribution < 1.29 is 19.2 Å². The number of hydrogen-bond donors (Lipinski definition) is 1. The summed E-state index contributed by atoms with van der Waals surface area (Å²) in [6, 6.07) is -1.46. The smallest absolute Gasteiger partial charge is 0.249 e. The Hall–Kier alpha value is -2.42. The second-order valence-electron chi connectivity index (χ2n) is 15.4. The Morgan fingerprint density at radius 3 is 1.96 bits per heavy atom. The molecule has 4 unspecified atom stereocenters. The number of hydrogen-bond acceptors (Lipinski definition) is 5. The molecule has 45 heavy (non-hydrogen) atoms. The van der Waals surface area contributed by atoms with E-state index in [-0.39, 0.29) is 47.7 Å². The Kier molecular flexibility index (Phi) is 13.5. The Bertz CT molecular complexity index is 1060. The van der Waals surface area contributed by atoms with Gasteiger partial charge in [0.15, 0.2) is 0 Å². The van der Waals surface area contributed by atoms with Gasteiger partial charge in [-0.25, -0.2) is 0 Å². The first-order chi connectivity index (χ1) is 21.1. The summed E-state index contributed by atoms with van der Waals surface area (Å²) in [6.45, 7) is 19.1. The van der Waals surface area contributed by atoms with Gasteiger partial charge in [0.05, 0.1) is 12.1 Å². The summed E-state index contributed by atoms with van der Waals surface area (Å²) in [4.78, 5) is 62.9. The summed E-state index contributed by atoms with van der Waals surface area (Å²) in [7, 11) is 1.78. The van der Waals surface area contributed by atoms with Gasteiger partial charge in [-0.3, -0.25) is 24.1 Å². The van der Waals surface area contributed by atoms with E-state index in [1.54, 1.807) is 23.8 Å². The third-order valence-electron chi connectivity index (χ3n) is 10.1. The lowest BCUT2D eigenvalue weighted by Gasteiger charge is -2.41. The zero-order chi connectivity index (χ0) is 33.5. The monoisotopic (exact) mass is 629 g/mol. The van der Waals surface area contributed by atoms with Gasteiger partial charge in [-0.1, -0.05) is 66.4 Å². The van der Waals surface area contributed by atoms with Crippen LogP contribution in [0.5, 0.6) is 0 Å². The van der Waals surface area contributed by atoms with Crippen LogP contribution in [0.4, 0.5) is 0 Å². The van der Waals surface area contributed by atoms with Crippen LogP contribution in [-0.2, 0) is 19.2 Å². The molecule has 3 heterocycles. The molecule has 4 atom stereocenters. The van der Waals surface area contributed by atoms with Crippen LogP contribution in [0.25, 0.3) is 0 Å². The summed E-state index contributed by atoms with van der Waals surface area (Å²) in [5, 5.41) is 3.15. The molecule has 0 aromatic rings. The fraction of sp³-hybridized carbons (Fsp3) is 0.833. The second kappa shape index (κ2) is 16.4. The minimum Gasteiger partial charge on any atom is -0.342 e. The molecule has 3 aliphatic rings. The van der Waals surface area contributed by atoms with Gasteiger partial charge in [-0.05, 0) is 77.2 Å². The van der Waals surface area contributed by atoms with Crippen molar-refractivity contribution >= 4 is 23.6 Å². The molecular formula is C36H63N5O4. The molecule has 0 saturated carbocycles. The number of rotatable bonds is 9. The van der Waals surface area contributed by atoms with Crippen LogP contribution in [0.2, 0.25) is 0 Å². The molecule has 0 aliphatic carbocycles. The molecule has 1 N–H and O–H groups in total. The van der Waals surface area contributed by atoms with Crippen LogP contribution < -0.4 is 5.32 Å². The SMILES string of the molecule is C/C(=C\C(C(C)C)N(C)C(=O)C(NC(=O)C1CCCCN1C(C)C)C(C)(C)C)C(=O)N1CCCC1C(=O)N1CCCCCCC1. The lowest BCUT2D eigenvalue weighted by Crippen LogP contribution is -2.60. The van der Waals surface area contributed by atoms with Gasteiger partial charge in [0.25, 0.3) is 0 Å². The van der Waals surface area contributed by atoms with Crippen LogP contribution in [0.1, 0.15) is 120 Å². The number of likely N-dealkylation sites (tertiary alicyclic amines) is 3. The summed E-state index contributed by atoms with van der Waals surface area (Å²) in [5.74, 6) is -0.260. The molecule has 0 spiro atoms. The topological polar surface area (TPSA) is 93.3 Å². The molecule has 0 bridgehead atoms. The highest BCUT2D eigenvalue weighted by Crippen LogP contribution is 2.27. The third-order valence-corrected chi connectivity index (χ3v) is 10.1. The summed E-state index contributed by atoms with van der Waals surface area (Å²) < 4.78 is 0. The third kappa shape index (κ3) is 9.55. The van der Waals surface area contributed by atoms with Gasteiger partial charge in [0, 0.05) is 38.3 Å². The fourth-order valence-electron chi connectivity index (χ4n) is 7.34. The second-order valence-corrected chi connectivity index (χ2v) is 15.4. The van der Waals surface area contributed by atoms with E-state index in [4.69, 9.17) is 0 Å². The molecule has 0 radical (unpaired) electrons. The maximum Gasteiger partial charge on any atom is 0.249 e. The van der Waals surface area contributed by atoms with Crippen molar-refractivity contribution in [2.24, 2.45) is 11.3 Å². The maximum absolute atomic E-state index is 14.2. The van der Waals surface area contributed by atoms with E-state index in [2.05, 4.69) is 24.1 Å². The molecule has 3 saturated heterocycles. The zero-order valence-electron chi connectivity index (χ0n) is 29.9. The molecule has 3 aliphatic heterocycles. The predicted octanol–water partition coefficient (Wildman–Crippen LogP) is 4.99. The van der Waals surface area contributed by atoms with Crippen molar-refractivity contribution in [1.82, 2.24) is 24.9 Å². The largest absolute Gasteiger partial charge is 0.342 e. The van der Waals surface area contributed by atoms with Crippen molar-refractivity contribution in [3.63, 3.8) is 0 Å². The highest BCUT2D eigenvalue weighted by molar-refractivity contribution is 5.97. The van der Waals surface area contributed by atoms with E-state index in [9.17, 15) is 19.2 Å². The number of piperidine rings is 1. The first-order valence-corrected chi connectivity index (χ1v) is 17.8. The van der Waals surface area contributed by atoms with Crippen molar-refractivity contribution in [3.05, 3.63) is 11.6 Å². The summed E-state index contributed by atoms with van der Waals surface area (Å²) in [5.41, 5.74) is 0.0380. The molecule has 0 aromatic heterocycles. The highest BCUT2D eigenvalue weighted by atomic mass is 16.2. The number of nitrogens with zero attached hydrogens (tertiary/aromatic N) is 4. The van der Waals surface area contributed by atoms with Crippen LogP contribution in [0, 0.1) is 11.3 Å². The van der Waals surface area contributed by atoms with Crippen LogP contribution in [0.15, 0.2) is 11.6 Å². The predicted molar refractivity (Wildman–Crippen MR) is 180 cm³/mol. The Morgan fingerprint density at radius 2 is 1.38 bits per heavy atom. The molecule has 9 heteroatoms. The Balaban J connectivity index is 1.77. The molecule has 3 fully saturated rings.